The minimum atomic E-state index is -0.510. The molecule has 0 spiro atoms. The van der Waals surface area contributed by atoms with Gasteiger partial charge in [0.25, 0.3) is 5.91 Å². The minimum Gasteiger partial charge on any atom is -0.464 e. The Balaban J connectivity index is 1.91. The second-order valence-corrected chi connectivity index (χ2v) is 5.18. The van der Waals surface area contributed by atoms with Crippen LogP contribution in [0.5, 0.6) is 0 Å². The van der Waals surface area contributed by atoms with E-state index in [1.165, 1.54) is 7.11 Å². The van der Waals surface area contributed by atoms with Crippen LogP contribution < -0.4 is 4.90 Å². The zero-order valence-electron chi connectivity index (χ0n) is 13.7. The fraction of sp³-hybridized carbons (Fsp3) is 0.600. The van der Waals surface area contributed by atoms with Crippen molar-refractivity contribution in [1.82, 2.24) is 15.1 Å². The van der Waals surface area contributed by atoms with Crippen molar-refractivity contribution >= 4 is 17.7 Å². The number of aromatic nitrogens is 2. The highest BCUT2D eigenvalue weighted by Gasteiger charge is 2.25. The second-order valence-electron chi connectivity index (χ2n) is 5.18. The van der Waals surface area contributed by atoms with Crippen LogP contribution in [-0.2, 0) is 14.3 Å². The third-order valence-electron chi connectivity index (χ3n) is 3.72. The average molecular weight is 322 g/mol. The number of rotatable bonds is 5. The smallest absolute Gasteiger partial charge is 0.358 e. The van der Waals surface area contributed by atoms with Gasteiger partial charge < -0.3 is 19.3 Å². The Morgan fingerprint density at radius 2 is 1.91 bits per heavy atom. The Morgan fingerprint density at radius 1 is 1.22 bits per heavy atom. The van der Waals surface area contributed by atoms with Crippen molar-refractivity contribution < 1.29 is 19.1 Å². The van der Waals surface area contributed by atoms with Crippen molar-refractivity contribution in [2.24, 2.45) is 0 Å². The lowest BCUT2D eigenvalue weighted by Gasteiger charge is -2.36. The maximum atomic E-state index is 12.2. The highest BCUT2D eigenvalue weighted by molar-refractivity contribution is 5.87. The van der Waals surface area contributed by atoms with Crippen LogP contribution in [0.25, 0.3) is 0 Å². The van der Waals surface area contributed by atoms with Crippen molar-refractivity contribution in [3.8, 4) is 0 Å². The summed E-state index contributed by atoms with van der Waals surface area (Å²) in [5, 5.41) is 7.92. The molecule has 1 unspecified atom stereocenters. The van der Waals surface area contributed by atoms with E-state index in [1.807, 2.05) is 11.8 Å². The van der Waals surface area contributed by atoms with E-state index in [4.69, 9.17) is 4.74 Å². The lowest BCUT2D eigenvalue weighted by molar-refractivity contribution is -0.142. The number of anilines is 1. The second kappa shape index (κ2) is 7.87. The monoisotopic (exact) mass is 322 g/mol. The molecule has 1 fully saturated rings. The Hall–Kier alpha value is -2.22. The van der Waals surface area contributed by atoms with E-state index in [-0.39, 0.29) is 11.6 Å². The number of hydrogen-bond acceptors (Lipinski definition) is 7. The summed E-state index contributed by atoms with van der Waals surface area (Å²) >= 11 is 0. The highest BCUT2D eigenvalue weighted by Crippen LogP contribution is 2.14. The summed E-state index contributed by atoms with van der Waals surface area (Å²) in [6.07, 6.45) is -0.411. The van der Waals surface area contributed by atoms with Gasteiger partial charge in [-0.05, 0) is 26.0 Å². The molecular formula is C15H22N4O4. The van der Waals surface area contributed by atoms with Crippen molar-refractivity contribution in [3.63, 3.8) is 0 Å². The summed E-state index contributed by atoms with van der Waals surface area (Å²) in [5.41, 5.74) is 0.176. The van der Waals surface area contributed by atoms with Crippen LogP contribution in [0.2, 0.25) is 0 Å². The predicted octanol–water partition coefficient (Wildman–Crippen LogP) is 0.337. The van der Waals surface area contributed by atoms with E-state index in [1.54, 1.807) is 24.0 Å². The van der Waals surface area contributed by atoms with Gasteiger partial charge in [0.2, 0.25) is 0 Å². The average Bonchev–Trinajstić information content (AvgIpc) is 2.61. The molecule has 0 radical (unpaired) electrons. The maximum Gasteiger partial charge on any atom is 0.358 e. The first kappa shape index (κ1) is 17.1. The number of ether oxygens (including phenoxy) is 2. The molecule has 8 nitrogen and oxygen atoms in total. The van der Waals surface area contributed by atoms with Gasteiger partial charge >= 0.3 is 5.97 Å². The number of amides is 1. The number of esters is 1. The SMILES string of the molecule is CCOC(C)C(=O)N1CCN(c2ccc(C(=O)OC)nn2)CC1. The van der Waals surface area contributed by atoms with Crippen LogP contribution in [0.1, 0.15) is 24.3 Å². The molecule has 1 saturated heterocycles. The van der Waals surface area contributed by atoms with Gasteiger partial charge in [-0.2, -0.15) is 0 Å². The van der Waals surface area contributed by atoms with E-state index in [0.29, 0.717) is 38.6 Å². The van der Waals surface area contributed by atoms with Crippen LogP contribution in [0, 0.1) is 0 Å². The number of nitrogens with zero attached hydrogens (tertiary/aromatic N) is 4. The first-order chi connectivity index (χ1) is 11.1. The van der Waals surface area contributed by atoms with Crippen molar-refractivity contribution in [3.05, 3.63) is 17.8 Å². The molecule has 1 atom stereocenters. The van der Waals surface area contributed by atoms with Gasteiger partial charge in [0.15, 0.2) is 11.5 Å². The summed E-state index contributed by atoms with van der Waals surface area (Å²) < 4.78 is 9.94. The molecule has 8 heteroatoms. The number of carbonyl (C=O) groups excluding carboxylic acids is 2. The molecule has 1 aliphatic rings. The number of methoxy groups -OCH3 is 1. The van der Waals surface area contributed by atoms with Gasteiger partial charge in [-0.15, -0.1) is 10.2 Å². The molecule has 1 aliphatic heterocycles. The third-order valence-corrected chi connectivity index (χ3v) is 3.72. The molecule has 0 aromatic carbocycles. The zero-order chi connectivity index (χ0) is 16.8. The molecule has 1 amide bonds. The molecule has 23 heavy (non-hydrogen) atoms. The topological polar surface area (TPSA) is 84.9 Å². The van der Waals surface area contributed by atoms with Crippen LogP contribution in [0.4, 0.5) is 5.82 Å². The molecular weight excluding hydrogens is 300 g/mol. The van der Waals surface area contributed by atoms with Crippen molar-refractivity contribution in [2.45, 2.75) is 20.0 Å². The van der Waals surface area contributed by atoms with Crippen LogP contribution in [-0.4, -0.2) is 73.0 Å². The number of hydrogen-bond donors (Lipinski definition) is 0. The van der Waals surface area contributed by atoms with Gasteiger partial charge in [0, 0.05) is 32.8 Å². The Morgan fingerprint density at radius 3 is 2.43 bits per heavy atom. The molecule has 126 valence electrons. The Labute approximate surface area is 135 Å². The van der Waals surface area contributed by atoms with E-state index in [0.717, 1.165) is 0 Å². The minimum absolute atomic E-state index is 0.0126. The van der Waals surface area contributed by atoms with Gasteiger partial charge in [-0.25, -0.2) is 4.79 Å². The summed E-state index contributed by atoms with van der Waals surface area (Å²) in [4.78, 5) is 27.4. The van der Waals surface area contributed by atoms with Gasteiger partial charge in [-0.3, -0.25) is 4.79 Å². The van der Waals surface area contributed by atoms with E-state index >= 15 is 0 Å². The third kappa shape index (κ3) is 4.16. The maximum absolute atomic E-state index is 12.2. The van der Waals surface area contributed by atoms with Crippen molar-refractivity contribution in [1.29, 1.82) is 0 Å². The molecule has 0 aliphatic carbocycles. The number of carbonyl (C=O) groups is 2. The first-order valence-electron chi connectivity index (χ1n) is 7.64. The summed E-state index contributed by atoms with van der Waals surface area (Å²) in [7, 11) is 1.30. The molecule has 0 bridgehead atoms. The van der Waals surface area contributed by atoms with Crippen molar-refractivity contribution in [2.75, 3.05) is 44.8 Å². The van der Waals surface area contributed by atoms with E-state index in [9.17, 15) is 9.59 Å². The van der Waals surface area contributed by atoms with Gasteiger partial charge in [-0.1, -0.05) is 0 Å². The molecule has 2 heterocycles. The zero-order valence-corrected chi connectivity index (χ0v) is 13.7. The first-order valence-corrected chi connectivity index (χ1v) is 7.64. The van der Waals surface area contributed by atoms with Crippen LogP contribution in [0.3, 0.4) is 0 Å². The van der Waals surface area contributed by atoms with Crippen LogP contribution >= 0.6 is 0 Å². The standard InChI is InChI=1S/C15H22N4O4/c1-4-23-11(2)14(20)19-9-7-18(8-10-19)13-6-5-12(16-17-13)15(21)22-3/h5-6,11H,4,7-10H2,1-3H3. The lowest BCUT2D eigenvalue weighted by atomic mass is 10.2. The Kier molecular flexibility index (Phi) is 5.86. The van der Waals surface area contributed by atoms with E-state index < -0.39 is 12.1 Å². The highest BCUT2D eigenvalue weighted by atomic mass is 16.5. The predicted molar refractivity (Wildman–Crippen MR) is 83.3 cm³/mol. The van der Waals surface area contributed by atoms with E-state index in [2.05, 4.69) is 14.9 Å². The largest absolute Gasteiger partial charge is 0.464 e. The molecule has 0 N–H and O–H groups in total. The fourth-order valence-corrected chi connectivity index (χ4v) is 2.44. The molecule has 1 aromatic rings. The quantitative estimate of drug-likeness (QED) is 0.723. The van der Waals surface area contributed by atoms with Crippen LogP contribution in [0.15, 0.2) is 12.1 Å². The normalized spacial score (nSPS) is 16.1. The summed E-state index contributed by atoms with van der Waals surface area (Å²) in [6.45, 7) is 6.71. The van der Waals surface area contributed by atoms with Gasteiger partial charge in [0.1, 0.15) is 6.10 Å². The lowest BCUT2D eigenvalue weighted by Crippen LogP contribution is -2.51. The Bertz CT molecular complexity index is 541. The van der Waals surface area contributed by atoms with Gasteiger partial charge in [0.05, 0.1) is 7.11 Å². The number of piperazine rings is 1. The molecule has 1 aromatic heterocycles. The fourth-order valence-electron chi connectivity index (χ4n) is 2.44. The molecule has 0 saturated carbocycles. The molecule has 2 rings (SSSR count). The summed E-state index contributed by atoms with van der Waals surface area (Å²) in [5.74, 6) is 0.186. The summed E-state index contributed by atoms with van der Waals surface area (Å²) in [6, 6.07) is 3.32.